The van der Waals surface area contributed by atoms with Crippen LogP contribution in [0.25, 0.3) is 0 Å². The number of hydrogen-bond acceptors (Lipinski definition) is 6. The maximum Gasteiger partial charge on any atom is 0.261 e. The molecule has 0 aliphatic rings. The van der Waals surface area contributed by atoms with Crippen molar-refractivity contribution in [3.63, 3.8) is 0 Å². The van der Waals surface area contributed by atoms with Crippen LogP contribution in [0.5, 0.6) is 0 Å². The Morgan fingerprint density at radius 3 is 2.74 bits per heavy atom. The molecule has 7 nitrogen and oxygen atoms in total. The molecule has 0 aliphatic carbocycles. The highest BCUT2D eigenvalue weighted by Crippen LogP contribution is 2.13. The molecule has 19 heavy (non-hydrogen) atoms. The molecule has 0 aromatic carbocycles. The number of pyridine rings is 1. The summed E-state index contributed by atoms with van der Waals surface area (Å²) in [6.07, 6.45) is 1.24. The van der Waals surface area contributed by atoms with Crippen LogP contribution < -0.4 is 11.1 Å². The average molecular weight is 262 g/mol. The summed E-state index contributed by atoms with van der Waals surface area (Å²) in [6.45, 7) is 3.47. The number of halogens is 1. The van der Waals surface area contributed by atoms with Gasteiger partial charge < -0.3 is 5.73 Å². The number of nitrogens with zero attached hydrogens (tertiary/aromatic N) is 4. The second-order valence-electron chi connectivity index (χ2n) is 3.82. The number of hydrogen-bond donors (Lipinski definition) is 2. The van der Waals surface area contributed by atoms with Crippen LogP contribution in [0, 0.1) is 19.7 Å². The lowest BCUT2D eigenvalue weighted by atomic mass is 10.2. The molecule has 0 spiro atoms. The van der Waals surface area contributed by atoms with E-state index in [2.05, 4.69) is 25.5 Å². The van der Waals surface area contributed by atoms with Crippen LogP contribution in [0.15, 0.2) is 12.3 Å². The van der Waals surface area contributed by atoms with E-state index in [-0.39, 0.29) is 17.3 Å². The Morgan fingerprint density at radius 2 is 2.05 bits per heavy atom. The molecule has 0 bridgehead atoms. The molecule has 0 saturated heterocycles. The number of nitrogens with two attached hydrogens (primary N) is 1. The van der Waals surface area contributed by atoms with E-state index >= 15 is 0 Å². The summed E-state index contributed by atoms with van der Waals surface area (Å²) >= 11 is 0. The SMILES string of the molecule is Cc1nnc(NC(=O)c2ccnc(N)c2F)nc1C. The van der Waals surface area contributed by atoms with Crippen LogP contribution in [0.3, 0.4) is 0 Å². The Balaban J connectivity index is 2.26. The molecule has 0 radical (unpaired) electrons. The molecule has 0 saturated carbocycles. The Hall–Kier alpha value is -2.64. The molecule has 0 atom stereocenters. The van der Waals surface area contributed by atoms with E-state index in [0.29, 0.717) is 11.4 Å². The highest BCUT2D eigenvalue weighted by molar-refractivity contribution is 6.03. The fourth-order valence-electron chi connectivity index (χ4n) is 1.31. The minimum Gasteiger partial charge on any atom is -0.381 e. The average Bonchev–Trinajstić information content (AvgIpc) is 2.37. The van der Waals surface area contributed by atoms with Gasteiger partial charge >= 0.3 is 0 Å². The lowest BCUT2D eigenvalue weighted by molar-refractivity contribution is 0.102. The largest absolute Gasteiger partial charge is 0.381 e. The molecule has 0 unspecified atom stereocenters. The first-order valence-corrected chi connectivity index (χ1v) is 5.38. The van der Waals surface area contributed by atoms with Crippen LogP contribution >= 0.6 is 0 Å². The zero-order chi connectivity index (χ0) is 14.0. The first-order valence-electron chi connectivity index (χ1n) is 5.38. The van der Waals surface area contributed by atoms with Crippen LogP contribution in [-0.4, -0.2) is 26.1 Å². The van der Waals surface area contributed by atoms with Crippen molar-refractivity contribution < 1.29 is 9.18 Å². The second-order valence-corrected chi connectivity index (χ2v) is 3.82. The number of aryl methyl sites for hydroxylation is 2. The summed E-state index contributed by atoms with van der Waals surface area (Å²) in [5.74, 6) is -1.93. The quantitative estimate of drug-likeness (QED) is 0.831. The van der Waals surface area contributed by atoms with Gasteiger partial charge in [0, 0.05) is 6.20 Å². The molecule has 0 fully saturated rings. The first-order chi connectivity index (χ1) is 8.99. The van der Waals surface area contributed by atoms with E-state index in [4.69, 9.17) is 5.73 Å². The maximum atomic E-state index is 13.6. The lowest BCUT2D eigenvalue weighted by Crippen LogP contribution is -2.18. The fraction of sp³-hybridized carbons (Fsp3) is 0.182. The van der Waals surface area contributed by atoms with E-state index in [1.54, 1.807) is 13.8 Å². The Kier molecular flexibility index (Phi) is 3.32. The van der Waals surface area contributed by atoms with Crippen LogP contribution in [0.2, 0.25) is 0 Å². The van der Waals surface area contributed by atoms with E-state index in [9.17, 15) is 9.18 Å². The lowest BCUT2D eigenvalue weighted by Gasteiger charge is -2.06. The molecular weight excluding hydrogens is 251 g/mol. The van der Waals surface area contributed by atoms with Gasteiger partial charge in [-0.3, -0.25) is 10.1 Å². The van der Waals surface area contributed by atoms with Crippen LogP contribution in [0.1, 0.15) is 21.7 Å². The minimum absolute atomic E-state index is 0.00267. The van der Waals surface area contributed by atoms with Gasteiger partial charge in [0.05, 0.1) is 17.0 Å². The van der Waals surface area contributed by atoms with Gasteiger partial charge in [-0.25, -0.2) is 14.4 Å². The second kappa shape index (κ2) is 4.92. The summed E-state index contributed by atoms with van der Waals surface area (Å²) in [5.41, 5.74) is 6.33. The number of nitrogens with one attached hydrogen (secondary N) is 1. The van der Waals surface area contributed by atoms with Gasteiger partial charge in [-0.05, 0) is 19.9 Å². The number of amides is 1. The van der Waals surface area contributed by atoms with Crippen molar-refractivity contribution in [1.29, 1.82) is 0 Å². The van der Waals surface area contributed by atoms with Gasteiger partial charge in [0.25, 0.3) is 5.91 Å². The third kappa shape index (κ3) is 2.62. The van der Waals surface area contributed by atoms with Crippen molar-refractivity contribution in [1.82, 2.24) is 20.2 Å². The van der Waals surface area contributed by atoms with Crippen molar-refractivity contribution in [3.8, 4) is 0 Å². The third-order valence-corrected chi connectivity index (χ3v) is 2.48. The molecule has 3 N–H and O–H groups in total. The minimum atomic E-state index is -0.878. The number of nitrogen functional groups attached to an aromatic ring is 1. The highest BCUT2D eigenvalue weighted by Gasteiger charge is 2.16. The zero-order valence-electron chi connectivity index (χ0n) is 10.3. The number of anilines is 2. The first kappa shape index (κ1) is 12.8. The van der Waals surface area contributed by atoms with Gasteiger partial charge in [-0.1, -0.05) is 0 Å². The molecule has 1 amide bonds. The molecule has 2 heterocycles. The molecule has 0 aliphatic heterocycles. The topological polar surface area (TPSA) is 107 Å². The molecule has 2 aromatic heterocycles. The molecule has 2 rings (SSSR count). The monoisotopic (exact) mass is 262 g/mol. The van der Waals surface area contributed by atoms with Crippen molar-refractivity contribution in [3.05, 3.63) is 35.0 Å². The molecule has 2 aromatic rings. The van der Waals surface area contributed by atoms with Gasteiger partial charge in [0.1, 0.15) is 0 Å². The van der Waals surface area contributed by atoms with E-state index < -0.39 is 11.7 Å². The number of aromatic nitrogens is 4. The van der Waals surface area contributed by atoms with E-state index in [1.807, 2.05) is 0 Å². The summed E-state index contributed by atoms with van der Waals surface area (Å²) in [4.78, 5) is 19.4. The molecule has 98 valence electrons. The normalized spacial score (nSPS) is 10.3. The standard InChI is InChI=1S/C11H11FN6O/c1-5-6(2)17-18-11(15-5)16-10(19)7-3-4-14-9(13)8(7)12/h3-4H,1-2H3,(H2,13,14)(H,15,16,18,19). The molecule has 8 heteroatoms. The van der Waals surface area contributed by atoms with Crippen LogP contribution in [0.4, 0.5) is 16.2 Å². The summed E-state index contributed by atoms with van der Waals surface area (Å²) in [5, 5.41) is 9.85. The van der Waals surface area contributed by atoms with Gasteiger partial charge in [0.15, 0.2) is 11.6 Å². The zero-order valence-corrected chi connectivity index (χ0v) is 10.3. The maximum absolute atomic E-state index is 13.6. The van der Waals surface area contributed by atoms with Crippen molar-refractivity contribution in [2.24, 2.45) is 0 Å². The fourth-order valence-corrected chi connectivity index (χ4v) is 1.31. The Labute approximate surface area is 108 Å². The van der Waals surface area contributed by atoms with Gasteiger partial charge in [-0.2, -0.15) is 5.10 Å². The van der Waals surface area contributed by atoms with Gasteiger partial charge in [-0.15, -0.1) is 5.10 Å². The summed E-state index contributed by atoms with van der Waals surface area (Å²) in [7, 11) is 0. The number of carbonyl (C=O) groups excluding carboxylic acids is 1. The van der Waals surface area contributed by atoms with E-state index in [0.717, 1.165) is 0 Å². The predicted octanol–water partition coefficient (Wildman–Crippen LogP) is 0.857. The third-order valence-electron chi connectivity index (χ3n) is 2.48. The van der Waals surface area contributed by atoms with Gasteiger partial charge in [0.2, 0.25) is 5.95 Å². The Bertz CT molecular complexity index is 645. The summed E-state index contributed by atoms with van der Waals surface area (Å²) < 4.78 is 13.6. The molecular formula is C11H11FN6O. The predicted molar refractivity (Wildman–Crippen MR) is 65.9 cm³/mol. The van der Waals surface area contributed by atoms with Crippen molar-refractivity contribution in [2.75, 3.05) is 11.1 Å². The van der Waals surface area contributed by atoms with Crippen molar-refractivity contribution >= 4 is 17.7 Å². The highest BCUT2D eigenvalue weighted by atomic mass is 19.1. The number of rotatable bonds is 2. The number of carbonyl (C=O) groups is 1. The summed E-state index contributed by atoms with van der Waals surface area (Å²) in [6, 6.07) is 1.22. The van der Waals surface area contributed by atoms with Crippen molar-refractivity contribution in [2.45, 2.75) is 13.8 Å². The van der Waals surface area contributed by atoms with Crippen LogP contribution in [-0.2, 0) is 0 Å². The van der Waals surface area contributed by atoms with E-state index in [1.165, 1.54) is 12.3 Å². The Morgan fingerprint density at radius 1 is 1.32 bits per heavy atom. The smallest absolute Gasteiger partial charge is 0.261 e.